The number of benzene rings is 1. The van der Waals surface area contributed by atoms with Crippen molar-refractivity contribution in [2.45, 2.75) is 45.5 Å². The smallest absolute Gasteiger partial charge is 0.314 e. The molecule has 0 spiro atoms. The zero-order valence-corrected chi connectivity index (χ0v) is 18.2. The molecule has 1 atom stereocenters. The predicted octanol–water partition coefficient (Wildman–Crippen LogP) is 4.47. The molecule has 2 aromatic heterocycles. The first-order valence-electron chi connectivity index (χ1n) is 10.1. The van der Waals surface area contributed by atoms with Gasteiger partial charge in [-0.2, -0.15) is 8.78 Å². The van der Waals surface area contributed by atoms with Crippen LogP contribution in [0.4, 0.5) is 23.2 Å². The molecule has 1 amide bonds. The van der Waals surface area contributed by atoms with Crippen molar-refractivity contribution < 1.29 is 26.8 Å². The SMILES string of the molecule is CC(C)NCC(C)(F)C(=O)N(Cc1ccc(-c2nnc(C(F)F)o2)cn1)c1cccc(F)c1. The summed E-state index contributed by atoms with van der Waals surface area (Å²) in [6, 6.07) is 8.21. The number of hydrogen-bond acceptors (Lipinski definition) is 6. The summed E-state index contributed by atoms with van der Waals surface area (Å²) in [4.78, 5) is 18.4. The zero-order chi connectivity index (χ0) is 24.2. The van der Waals surface area contributed by atoms with E-state index < -0.39 is 29.7 Å². The van der Waals surface area contributed by atoms with E-state index in [1.807, 2.05) is 13.8 Å². The number of pyridine rings is 1. The second kappa shape index (κ2) is 10.1. The molecular formula is C22H23F4N5O2. The highest BCUT2D eigenvalue weighted by Crippen LogP contribution is 2.26. The van der Waals surface area contributed by atoms with Crippen LogP contribution in [0.15, 0.2) is 47.0 Å². The minimum absolute atomic E-state index is 0.0417. The maximum absolute atomic E-state index is 15.3. The fourth-order valence-corrected chi connectivity index (χ4v) is 2.92. The fraction of sp³-hybridized carbons (Fsp3) is 0.364. The Morgan fingerprint density at radius 1 is 1.21 bits per heavy atom. The third-order valence-corrected chi connectivity index (χ3v) is 4.67. The molecule has 33 heavy (non-hydrogen) atoms. The van der Waals surface area contributed by atoms with Crippen molar-refractivity contribution in [3.8, 4) is 11.5 Å². The molecule has 0 bridgehead atoms. The molecule has 0 saturated heterocycles. The molecule has 11 heteroatoms. The van der Waals surface area contributed by atoms with Crippen LogP contribution in [0.25, 0.3) is 11.5 Å². The van der Waals surface area contributed by atoms with Crippen LogP contribution in [0.3, 0.4) is 0 Å². The van der Waals surface area contributed by atoms with Gasteiger partial charge in [-0.15, -0.1) is 10.2 Å². The number of carbonyl (C=O) groups is 1. The van der Waals surface area contributed by atoms with Gasteiger partial charge in [0.25, 0.3) is 11.8 Å². The van der Waals surface area contributed by atoms with Gasteiger partial charge in [0, 0.05) is 24.5 Å². The molecule has 3 aromatic rings. The summed E-state index contributed by atoms with van der Waals surface area (Å²) in [6.45, 7) is 4.42. The summed E-state index contributed by atoms with van der Waals surface area (Å²) in [6.07, 6.45) is -1.59. The van der Waals surface area contributed by atoms with Crippen molar-refractivity contribution in [2.24, 2.45) is 0 Å². The van der Waals surface area contributed by atoms with Gasteiger partial charge in [0.05, 0.1) is 17.8 Å². The molecule has 3 rings (SSSR count). The van der Waals surface area contributed by atoms with Gasteiger partial charge in [-0.05, 0) is 37.3 Å². The van der Waals surface area contributed by atoms with Gasteiger partial charge in [-0.25, -0.2) is 8.78 Å². The van der Waals surface area contributed by atoms with Crippen LogP contribution in [-0.4, -0.2) is 39.3 Å². The van der Waals surface area contributed by atoms with E-state index in [1.54, 1.807) is 0 Å². The molecule has 1 aromatic carbocycles. The quantitative estimate of drug-likeness (QED) is 0.470. The Hall–Kier alpha value is -3.34. The molecule has 0 aliphatic carbocycles. The standard InChI is InChI=1S/C22H23F4N5O2/c1-13(2)28-12-22(3,26)21(32)31(17-6-4-5-15(23)9-17)11-16-8-7-14(10-27-16)19-29-30-20(33-19)18(24)25/h4-10,13,18,28H,11-12H2,1-3H3. The average molecular weight is 465 g/mol. The fourth-order valence-electron chi connectivity index (χ4n) is 2.92. The Kier molecular flexibility index (Phi) is 7.42. The monoisotopic (exact) mass is 465 g/mol. The normalized spacial score (nSPS) is 13.4. The summed E-state index contributed by atoms with van der Waals surface area (Å²) in [5.41, 5.74) is -1.47. The van der Waals surface area contributed by atoms with E-state index in [4.69, 9.17) is 4.42 Å². The summed E-state index contributed by atoms with van der Waals surface area (Å²) in [5, 5.41) is 9.71. The van der Waals surface area contributed by atoms with E-state index in [1.165, 1.54) is 36.5 Å². The Morgan fingerprint density at radius 3 is 2.55 bits per heavy atom. The lowest BCUT2D eigenvalue weighted by atomic mass is 10.1. The molecule has 1 N–H and O–H groups in total. The lowest BCUT2D eigenvalue weighted by Crippen LogP contribution is -2.50. The lowest BCUT2D eigenvalue weighted by Gasteiger charge is -2.30. The topological polar surface area (TPSA) is 84.2 Å². The molecular weight excluding hydrogens is 442 g/mol. The van der Waals surface area contributed by atoms with E-state index in [2.05, 4.69) is 20.5 Å². The highest BCUT2D eigenvalue weighted by atomic mass is 19.3. The summed E-state index contributed by atoms with van der Waals surface area (Å²) in [7, 11) is 0. The van der Waals surface area contributed by atoms with Crippen LogP contribution < -0.4 is 10.2 Å². The van der Waals surface area contributed by atoms with E-state index in [-0.39, 0.29) is 30.7 Å². The van der Waals surface area contributed by atoms with E-state index >= 15 is 4.39 Å². The minimum Gasteiger partial charge on any atom is -0.415 e. The number of halogens is 4. The van der Waals surface area contributed by atoms with Crippen LogP contribution in [0, 0.1) is 5.82 Å². The van der Waals surface area contributed by atoms with Gasteiger partial charge in [0.2, 0.25) is 5.89 Å². The first-order chi connectivity index (χ1) is 15.6. The average Bonchev–Trinajstić information content (AvgIpc) is 3.27. The van der Waals surface area contributed by atoms with Crippen molar-refractivity contribution in [1.82, 2.24) is 20.5 Å². The van der Waals surface area contributed by atoms with E-state index in [0.717, 1.165) is 17.9 Å². The predicted molar refractivity (Wildman–Crippen MR) is 113 cm³/mol. The van der Waals surface area contributed by atoms with Gasteiger partial charge in [-0.3, -0.25) is 9.78 Å². The summed E-state index contributed by atoms with van der Waals surface area (Å²) < 4.78 is 59.3. The van der Waals surface area contributed by atoms with Crippen molar-refractivity contribution in [3.05, 3.63) is 60.0 Å². The molecule has 0 saturated carbocycles. The summed E-state index contributed by atoms with van der Waals surface area (Å²) in [5.74, 6) is -2.40. The minimum atomic E-state index is -2.90. The Balaban J connectivity index is 1.86. The first-order valence-corrected chi connectivity index (χ1v) is 10.1. The number of anilines is 1. The number of hydrogen-bond donors (Lipinski definition) is 1. The van der Waals surface area contributed by atoms with E-state index in [0.29, 0.717) is 11.3 Å². The zero-order valence-electron chi connectivity index (χ0n) is 18.2. The number of nitrogens with one attached hydrogen (secondary N) is 1. The number of rotatable bonds is 9. The highest BCUT2D eigenvalue weighted by molar-refractivity contribution is 5.99. The maximum Gasteiger partial charge on any atom is 0.314 e. The van der Waals surface area contributed by atoms with Crippen molar-refractivity contribution in [3.63, 3.8) is 0 Å². The molecule has 2 heterocycles. The Morgan fingerprint density at radius 2 is 1.97 bits per heavy atom. The molecule has 0 radical (unpaired) electrons. The first kappa shape index (κ1) is 24.3. The van der Waals surface area contributed by atoms with Gasteiger partial charge in [-0.1, -0.05) is 19.9 Å². The number of amides is 1. The highest BCUT2D eigenvalue weighted by Gasteiger charge is 2.37. The van der Waals surface area contributed by atoms with E-state index in [9.17, 15) is 18.0 Å². The van der Waals surface area contributed by atoms with Crippen LogP contribution >= 0.6 is 0 Å². The summed E-state index contributed by atoms with van der Waals surface area (Å²) >= 11 is 0. The second-order valence-corrected chi connectivity index (χ2v) is 7.89. The number of carbonyl (C=O) groups excluding carboxylic acids is 1. The van der Waals surface area contributed by atoms with Crippen molar-refractivity contribution >= 4 is 11.6 Å². The van der Waals surface area contributed by atoms with Gasteiger partial charge in [0.15, 0.2) is 5.67 Å². The molecule has 7 nitrogen and oxygen atoms in total. The number of aromatic nitrogens is 3. The molecule has 0 fully saturated rings. The van der Waals surface area contributed by atoms with Crippen LogP contribution in [-0.2, 0) is 11.3 Å². The number of nitrogens with zero attached hydrogens (tertiary/aromatic N) is 4. The maximum atomic E-state index is 15.3. The lowest BCUT2D eigenvalue weighted by molar-refractivity contribution is -0.129. The van der Waals surface area contributed by atoms with Crippen LogP contribution in [0.2, 0.25) is 0 Å². The van der Waals surface area contributed by atoms with Gasteiger partial charge < -0.3 is 14.6 Å². The Bertz CT molecular complexity index is 1090. The molecule has 1 unspecified atom stereocenters. The van der Waals surface area contributed by atoms with Crippen LogP contribution in [0.5, 0.6) is 0 Å². The van der Waals surface area contributed by atoms with Gasteiger partial charge in [0.1, 0.15) is 5.82 Å². The number of alkyl halides is 3. The third kappa shape index (κ3) is 6.13. The molecule has 176 valence electrons. The second-order valence-electron chi connectivity index (χ2n) is 7.89. The largest absolute Gasteiger partial charge is 0.415 e. The van der Waals surface area contributed by atoms with Crippen LogP contribution in [0.1, 0.15) is 38.8 Å². The van der Waals surface area contributed by atoms with Crippen molar-refractivity contribution in [1.29, 1.82) is 0 Å². The van der Waals surface area contributed by atoms with Gasteiger partial charge >= 0.3 is 6.43 Å². The molecule has 0 aliphatic heterocycles. The Labute approximate surface area is 187 Å². The molecule has 0 aliphatic rings. The van der Waals surface area contributed by atoms with Crippen molar-refractivity contribution in [2.75, 3.05) is 11.4 Å². The third-order valence-electron chi connectivity index (χ3n) is 4.67.